The van der Waals surface area contributed by atoms with Crippen LogP contribution in [0, 0.1) is 33.5 Å². The Labute approximate surface area is 224 Å². The van der Waals surface area contributed by atoms with Crippen molar-refractivity contribution >= 4 is 40.8 Å². The lowest BCUT2D eigenvalue weighted by molar-refractivity contribution is 0.0678. The van der Waals surface area contributed by atoms with Gasteiger partial charge in [0.15, 0.2) is 17.5 Å². The summed E-state index contributed by atoms with van der Waals surface area (Å²) in [5, 5.41) is 13.2. The molecule has 0 bridgehead atoms. The molecule has 1 fully saturated rings. The third-order valence-corrected chi connectivity index (χ3v) is 6.90. The first kappa shape index (κ1) is 25.7. The van der Waals surface area contributed by atoms with E-state index in [-0.39, 0.29) is 23.5 Å². The molecule has 5 rings (SSSR count). The Morgan fingerprint density at radius 2 is 1.89 bits per heavy atom. The van der Waals surface area contributed by atoms with Gasteiger partial charge >= 0.3 is 0 Å². The summed E-state index contributed by atoms with van der Waals surface area (Å²) in [6.45, 7) is 8.45. The van der Waals surface area contributed by atoms with Gasteiger partial charge in [0.05, 0.1) is 17.6 Å². The monoisotopic (exact) mass is 538 g/mol. The van der Waals surface area contributed by atoms with Crippen LogP contribution >= 0.6 is 11.6 Å². The number of anilines is 4. The molecule has 1 aromatic carbocycles. The highest BCUT2D eigenvalue weighted by atomic mass is 35.5. The second kappa shape index (κ2) is 10.4. The van der Waals surface area contributed by atoms with Crippen molar-refractivity contribution in [2.45, 2.75) is 46.5 Å². The maximum atomic E-state index is 15.2. The van der Waals surface area contributed by atoms with Crippen molar-refractivity contribution in [3.63, 3.8) is 0 Å². The van der Waals surface area contributed by atoms with E-state index in [0.717, 1.165) is 29.7 Å². The first-order chi connectivity index (χ1) is 18.2. The number of nitrogens with zero attached hydrogens (tertiary/aromatic N) is 5. The topological polar surface area (TPSA) is 125 Å². The number of nitrogens with one attached hydrogen (secondary N) is 3. The van der Waals surface area contributed by atoms with Crippen molar-refractivity contribution in [2.24, 2.45) is 0 Å². The molecule has 1 amide bonds. The minimum atomic E-state index is -0.409. The number of hydrogen-bond acceptors (Lipinski definition) is 8. The number of aromatic amines is 1. The van der Waals surface area contributed by atoms with E-state index >= 15 is 4.39 Å². The second-order valence-electron chi connectivity index (χ2n) is 9.48. The summed E-state index contributed by atoms with van der Waals surface area (Å²) in [4.78, 5) is 27.4. The molecular weight excluding hydrogens is 511 g/mol. The molecule has 10 nitrogen and oxygen atoms in total. The van der Waals surface area contributed by atoms with E-state index in [1.807, 2.05) is 19.9 Å². The van der Waals surface area contributed by atoms with Crippen molar-refractivity contribution < 1.29 is 13.6 Å². The fourth-order valence-corrected chi connectivity index (χ4v) is 4.88. The minimum absolute atomic E-state index is 0.139. The molecule has 4 heterocycles. The number of piperidine rings is 1. The number of rotatable bonds is 6. The quantitative estimate of drug-likeness (QED) is 0.284. The van der Waals surface area contributed by atoms with Crippen molar-refractivity contribution in [2.75, 3.05) is 23.7 Å². The predicted octanol–water partition coefficient (Wildman–Crippen LogP) is 5.72. The van der Waals surface area contributed by atoms with Crippen LogP contribution in [0.2, 0.25) is 5.02 Å². The normalized spacial score (nSPS) is 14.1. The summed E-state index contributed by atoms with van der Waals surface area (Å²) in [6.07, 6.45) is 2.90. The van der Waals surface area contributed by atoms with E-state index < -0.39 is 5.82 Å². The Kier molecular flexibility index (Phi) is 7.02. The number of aromatic nitrogens is 5. The molecule has 1 aliphatic heterocycles. The molecule has 0 unspecified atom stereocenters. The highest BCUT2D eigenvalue weighted by molar-refractivity contribution is 6.32. The number of carbonyl (C=O) groups is 1. The molecule has 198 valence electrons. The van der Waals surface area contributed by atoms with Crippen LogP contribution in [-0.2, 0) is 0 Å². The van der Waals surface area contributed by atoms with Gasteiger partial charge in [-0.1, -0.05) is 11.6 Å². The Bertz CT molecular complexity index is 1490. The minimum Gasteiger partial charge on any atom is -0.436 e. The summed E-state index contributed by atoms with van der Waals surface area (Å²) in [7, 11) is 0. The summed E-state index contributed by atoms with van der Waals surface area (Å²) in [5.74, 6) is 1.45. The van der Waals surface area contributed by atoms with Gasteiger partial charge in [-0.2, -0.15) is 10.1 Å². The van der Waals surface area contributed by atoms with E-state index in [1.54, 1.807) is 30.9 Å². The molecule has 0 atom stereocenters. The first-order valence-corrected chi connectivity index (χ1v) is 12.7. The molecular formula is C26H28ClFN8O2. The van der Waals surface area contributed by atoms with Crippen LogP contribution in [-0.4, -0.2) is 49.0 Å². The molecule has 0 spiro atoms. The zero-order chi connectivity index (χ0) is 27.0. The zero-order valence-corrected chi connectivity index (χ0v) is 22.3. The molecule has 3 N–H and O–H groups in total. The lowest BCUT2D eigenvalue weighted by atomic mass is 9.86. The van der Waals surface area contributed by atoms with Crippen LogP contribution in [0.25, 0.3) is 0 Å². The summed E-state index contributed by atoms with van der Waals surface area (Å²) in [6, 6.07) is 5.13. The number of benzene rings is 1. The Morgan fingerprint density at radius 1 is 1.13 bits per heavy atom. The second-order valence-corrected chi connectivity index (χ2v) is 9.89. The van der Waals surface area contributed by atoms with Crippen LogP contribution < -0.4 is 10.6 Å². The first-order valence-electron chi connectivity index (χ1n) is 12.3. The molecule has 0 radical (unpaired) electrons. The van der Waals surface area contributed by atoms with Gasteiger partial charge in [0.1, 0.15) is 10.8 Å². The summed E-state index contributed by atoms with van der Waals surface area (Å²) >= 11 is 6.23. The average Bonchev–Trinajstić information content (AvgIpc) is 3.46. The van der Waals surface area contributed by atoms with Crippen LogP contribution in [0.4, 0.5) is 27.7 Å². The van der Waals surface area contributed by atoms with E-state index in [2.05, 4.69) is 35.8 Å². The number of halogens is 2. The fourth-order valence-electron chi connectivity index (χ4n) is 4.74. The summed E-state index contributed by atoms with van der Waals surface area (Å²) < 4.78 is 20.7. The third-order valence-electron chi connectivity index (χ3n) is 6.62. The van der Waals surface area contributed by atoms with E-state index in [0.29, 0.717) is 47.1 Å². The van der Waals surface area contributed by atoms with Crippen molar-refractivity contribution in [3.05, 3.63) is 69.4 Å². The predicted molar refractivity (Wildman–Crippen MR) is 142 cm³/mol. The Hall–Kier alpha value is -3.99. The van der Waals surface area contributed by atoms with Gasteiger partial charge in [-0.25, -0.2) is 14.4 Å². The van der Waals surface area contributed by atoms with Crippen molar-refractivity contribution in [3.8, 4) is 0 Å². The van der Waals surface area contributed by atoms with Gasteiger partial charge in [0.25, 0.3) is 5.91 Å². The van der Waals surface area contributed by atoms with E-state index in [4.69, 9.17) is 16.0 Å². The molecule has 1 aliphatic rings. The Balaban J connectivity index is 1.27. The molecule has 0 aliphatic carbocycles. The van der Waals surface area contributed by atoms with Gasteiger partial charge in [-0.15, -0.1) is 0 Å². The number of aryl methyl sites for hydroxylation is 4. The molecule has 1 saturated heterocycles. The van der Waals surface area contributed by atoms with Gasteiger partial charge in [0, 0.05) is 31.8 Å². The number of carbonyl (C=O) groups excluding carboxylic acids is 1. The van der Waals surface area contributed by atoms with Gasteiger partial charge in [-0.05, 0) is 62.8 Å². The van der Waals surface area contributed by atoms with Gasteiger partial charge < -0.3 is 20.0 Å². The molecule has 0 saturated carbocycles. The number of hydrogen-bond donors (Lipinski definition) is 3. The lowest BCUT2D eigenvalue weighted by Gasteiger charge is -2.32. The molecule has 38 heavy (non-hydrogen) atoms. The lowest BCUT2D eigenvalue weighted by Crippen LogP contribution is -2.38. The number of amides is 1. The van der Waals surface area contributed by atoms with Crippen molar-refractivity contribution in [1.82, 2.24) is 30.0 Å². The van der Waals surface area contributed by atoms with E-state index in [1.165, 1.54) is 6.20 Å². The SMILES string of the molecule is Cc1cc(Nc2nc(Nc3cc(C)c(C4CCN(C(=O)c5oc(C)nc5C)CC4)cc3F)ncc2Cl)n[nH]1. The maximum absolute atomic E-state index is 15.2. The highest BCUT2D eigenvalue weighted by Crippen LogP contribution is 2.34. The average molecular weight is 539 g/mol. The van der Waals surface area contributed by atoms with Gasteiger partial charge in [0.2, 0.25) is 11.7 Å². The molecule has 12 heteroatoms. The largest absolute Gasteiger partial charge is 0.436 e. The van der Waals surface area contributed by atoms with Crippen molar-refractivity contribution in [1.29, 1.82) is 0 Å². The molecule has 4 aromatic rings. The molecule has 3 aromatic heterocycles. The number of likely N-dealkylation sites (tertiary alicyclic amines) is 1. The standard InChI is InChI=1S/C26H28ClFN8O2/c1-13-9-21(31-26-29-12-19(27)24(33-26)32-22-10-14(2)34-35-22)20(28)11-18(13)17-5-7-36(8-6-17)25(37)23-15(3)30-16(4)38-23/h9-12,17H,5-8H2,1-4H3,(H3,29,31,32,33,34,35). The van der Waals surface area contributed by atoms with Crippen LogP contribution in [0.5, 0.6) is 0 Å². The smallest absolute Gasteiger partial charge is 0.291 e. The van der Waals surface area contributed by atoms with Crippen LogP contribution in [0.3, 0.4) is 0 Å². The third kappa shape index (κ3) is 5.33. The number of oxazole rings is 1. The van der Waals surface area contributed by atoms with Gasteiger partial charge in [-0.3, -0.25) is 9.89 Å². The Morgan fingerprint density at radius 3 is 2.55 bits per heavy atom. The van der Waals surface area contributed by atoms with Crippen LogP contribution in [0.1, 0.15) is 57.7 Å². The van der Waals surface area contributed by atoms with E-state index in [9.17, 15) is 4.79 Å². The fraction of sp³-hybridized carbons (Fsp3) is 0.346. The summed E-state index contributed by atoms with van der Waals surface area (Å²) in [5.41, 5.74) is 3.61. The maximum Gasteiger partial charge on any atom is 0.291 e. The highest BCUT2D eigenvalue weighted by Gasteiger charge is 2.29. The zero-order valence-electron chi connectivity index (χ0n) is 21.5. The van der Waals surface area contributed by atoms with Crippen LogP contribution in [0.15, 0.2) is 28.8 Å². The number of H-pyrrole nitrogens is 1.